The molecule has 8 heteroatoms. The van der Waals surface area contributed by atoms with Crippen LogP contribution in [0.15, 0.2) is 47.6 Å². The molecule has 21 heavy (non-hydrogen) atoms. The predicted octanol–water partition coefficient (Wildman–Crippen LogP) is 3.14. The lowest BCUT2D eigenvalue weighted by atomic mass is 10.1. The minimum Gasteiger partial charge on any atom is -0.455 e. The number of para-hydroxylation sites is 1. The Bertz CT molecular complexity index is 718. The monoisotopic (exact) mass is 307 g/mol. The molecule has 0 heterocycles. The first-order valence-electron chi connectivity index (χ1n) is 5.71. The van der Waals surface area contributed by atoms with Crippen LogP contribution in [-0.2, 0) is 0 Å². The van der Waals surface area contributed by atoms with E-state index >= 15 is 0 Å². The average molecular weight is 308 g/mol. The Morgan fingerprint density at radius 1 is 1.29 bits per heavy atom. The number of oxime groups is 1. The van der Waals surface area contributed by atoms with Crippen LogP contribution in [0.3, 0.4) is 0 Å². The fraction of sp³-hybridized carbons (Fsp3) is 0. The molecule has 0 spiro atoms. The van der Waals surface area contributed by atoms with Crippen molar-refractivity contribution in [3.05, 3.63) is 63.2 Å². The summed E-state index contributed by atoms with van der Waals surface area (Å²) in [6.45, 7) is 0. The van der Waals surface area contributed by atoms with E-state index in [-0.39, 0.29) is 22.8 Å². The summed E-state index contributed by atoms with van der Waals surface area (Å²) in [5.41, 5.74) is 5.40. The number of nitro groups is 1. The summed E-state index contributed by atoms with van der Waals surface area (Å²) in [5, 5.41) is 22.8. The number of rotatable bonds is 4. The molecular weight excluding hydrogens is 298 g/mol. The fourth-order valence-corrected chi connectivity index (χ4v) is 1.79. The highest BCUT2D eigenvalue weighted by molar-refractivity contribution is 6.32. The van der Waals surface area contributed by atoms with Crippen LogP contribution in [0, 0.1) is 10.1 Å². The van der Waals surface area contributed by atoms with E-state index in [4.69, 9.17) is 27.3 Å². The lowest BCUT2D eigenvalue weighted by molar-refractivity contribution is -0.384. The largest absolute Gasteiger partial charge is 0.455 e. The molecule has 2 aromatic carbocycles. The normalized spacial score (nSPS) is 11.2. The highest BCUT2D eigenvalue weighted by Crippen LogP contribution is 2.32. The third-order valence-corrected chi connectivity index (χ3v) is 2.93. The van der Waals surface area contributed by atoms with Crippen LogP contribution in [0.5, 0.6) is 11.5 Å². The third kappa shape index (κ3) is 3.21. The Balaban J connectivity index is 2.48. The van der Waals surface area contributed by atoms with E-state index in [1.165, 1.54) is 12.1 Å². The molecule has 0 saturated heterocycles. The van der Waals surface area contributed by atoms with Gasteiger partial charge in [-0.05, 0) is 18.2 Å². The van der Waals surface area contributed by atoms with E-state index < -0.39 is 4.92 Å². The van der Waals surface area contributed by atoms with Crippen molar-refractivity contribution < 1.29 is 14.9 Å². The third-order valence-electron chi connectivity index (χ3n) is 2.61. The molecule has 0 fully saturated rings. The van der Waals surface area contributed by atoms with E-state index in [0.717, 1.165) is 6.07 Å². The average Bonchev–Trinajstić information content (AvgIpc) is 2.49. The van der Waals surface area contributed by atoms with Gasteiger partial charge in [0.1, 0.15) is 11.5 Å². The highest BCUT2D eigenvalue weighted by Gasteiger charge is 2.16. The minimum atomic E-state index is -0.590. The molecule has 0 bridgehead atoms. The summed E-state index contributed by atoms with van der Waals surface area (Å²) in [6.07, 6.45) is 0. The van der Waals surface area contributed by atoms with Crippen molar-refractivity contribution >= 4 is 23.1 Å². The number of hydrogen-bond donors (Lipinski definition) is 2. The van der Waals surface area contributed by atoms with Gasteiger partial charge in [0.05, 0.1) is 15.5 Å². The zero-order valence-electron chi connectivity index (χ0n) is 10.6. The Hall–Kier alpha value is -2.80. The van der Waals surface area contributed by atoms with Gasteiger partial charge in [-0.25, -0.2) is 0 Å². The van der Waals surface area contributed by atoms with E-state index in [1.54, 1.807) is 24.3 Å². The molecule has 7 nitrogen and oxygen atoms in total. The number of non-ortho nitro benzene ring substituents is 1. The van der Waals surface area contributed by atoms with Crippen molar-refractivity contribution in [2.45, 2.75) is 0 Å². The van der Waals surface area contributed by atoms with Crippen molar-refractivity contribution in [2.75, 3.05) is 0 Å². The number of benzene rings is 2. The van der Waals surface area contributed by atoms with Gasteiger partial charge in [-0.1, -0.05) is 28.9 Å². The van der Waals surface area contributed by atoms with Gasteiger partial charge >= 0.3 is 0 Å². The van der Waals surface area contributed by atoms with Crippen LogP contribution in [-0.4, -0.2) is 16.0 Å². The van der Waals surface area contributed by atoms with Gasteiger partial charge in [0.2, 0.25) is 0 Å². The molecule has 0 aliphatic carbocycles. The van der Waals surface area contributed by atoms with Crippen molar-refractivity contribution in [1.82, 2.24) is 0 Å². The zero-order chi connectivity index (χ0) is 15.4. The van der Waals surface area contributed by atoms with E-state index in [9.17, 15) is 10.1 Å². The lowest BCUT2D eigenvalue weighted by Crippen LogP contribution is -2.14. The molecule has 2 aromatic rings. The summed E-state index contributed by atoms with van der Waals surface area (Å²) in [5.74, 6) is 0.227. The van der Waals surface area contributed by atoms with Gasteiger partial charge in [0.15, 0.2) is 5.84 Å². The number of halogens is 1. The quantitative estimate of drug-likeness (QED) is 0.296. The second-order valence-corrected chi connectivity index (χ2v) is 4.36. The van der Waals surface area contributed by atoms with E-state index in [0.29, 0.717) is 10.8 Å². The second kappa shape index (κ2) is 6.10. The lowest BCUT2D eigenvalue weighted by Gasteiger charge is -2.11. The Morgan fingerprint density at radius 2 is 2.00 bits per heavy atom. The molecule has 0 aliphatic rings. The summed E-state index contributed by atoms with van der Waals surface area (Å²) >= 11 is 5.98. The maximum absolute atomic E-state index is 10.8. The molecule has 2 rings (SSSR count). The van der Waals surface area contributed by atoms with Crippen LogP contribution in [0.1, 0.15) is 5.56 Å². The topological polar surface area (TPSA) is 111 Å². The van der Waals surface area contributed by atoms with E-state index in [1.807, 2.05) is 0 Å². The molecule has 108 valence electrons. The summed E-state index contributed by atoms with van der Waals surface area (Å²) in [7, 11) is 0. The first-order chi connectivity index (χ1) is 10.0. The SMILES string of the molecule is NC(=NO)c1cc([N+](=O)[O-])ccc1Oc1ccccc1Cl. The number of nitrogens with two attached hydrogens (primary N) is 1. The number of nitro benzene ring substituents is 1. The maximum atomic E-state index is 10.8. The molecule has 0 atom stereocenters. The number of nitrogens with zero attached hydrogens (tertiary/aromatic N) is 2. The zero-order valence-corrected chi connectivity index (χ0v) is 11.3. The molecular formula is C13H10ClN3O4. The van der Waals surface area contributed by atoms with Gasteiger partial charge < -0.3 is 15.7 Å². The minimum absolute atomic E-state index is 0.0895. The Morgan fingerprint density at radius 3 is 2.62 bits per heavy atom. The Labute approximate surface area is 124 Å². The molecule has 3 N–H and O–H groups in total. The van der Waals surface area contributed by atoms with Gasteiger partial charge in [-0.3, -0.25) is 10.1 Å². The molecule has 0 radical (unpaired) electrons. The molecule has 0 saturated carbocycles. The van der Waals surface area contributed by atoms with Crippen LogP contribution >= 0.6 is 11.6 Å². The smallest absolute Gasteiger partial charge is 0.270 e. The summed E-state index contributed by atoms with van der Waals surface area (Å²) in [6, 6.07) is 10.5. The van der Waals surface area contributed by atoms with Crippen molar-refractivity contribution in [3.8, 4) is 11.5 Å². The van der Waals surface area contributed by atoms with Crippen LogP contribution in [0.2, 0.25) is 5.02 Å². The predicted molar refractivity (Wildman–Crippen MR) is 77.1 cm³/mol. The van der Waals surface area contributed by atoms with Crippen molar-refractivity contribution in [2.24, 2.45) is 10.9 Å². The molecule has 0 aliphatic heterocycles. The van der Waals surface area contributed by atoms with Crippen molar-refractivity contribution in [3.63, 3.8) is 0 Å². The summed E-state index contributed by atoms with van der Waals surface area (Å²) in [4.78, 5) is 10.2. The van der Waals surface area contributed by atoms with Gasteiger partial charge in [0.25, 0.3) is 5.69 Å². The summed E-state index contributed by atoms with van der Waals surface area (Å²) < 4.78 is 5.57. The van der Waals surface area contributed by atoms with Crippen LogP contribution in [0.25, 0.3) is 0 Å². The number of hydrogen-bond acceptors (Lipinski definition) is 5. The number of ether oxygens (including phenoxy) is 1. The van der Waals surface area contributed by atoms with E-state index in [2.05, 4.69) is 5.16 Å². The van der Waals surface area contributed by atoms with Gasteiger partial charge in [-0.2, -0.15) is 0 Å². The molecule has 0 amide bonds. The van der Waals surface area contributed by atoms with Crippen molar-refractivity contribution in [1.29, 1.82) is 0 Å². The Kier molecular flexibility index (Phi) is 4.24. The first kappa shape index (κ1) is 14.6. The second-order valence-electron chi connectivity index (χ2n) is 3.96. The highest BCUT2D eigenvalue weighted by atomic mass is 35.5. The molecule has 0 unspecified atom stereocenters. The fourth-order valence-electron chi connectivity index (χ4n) is 1.62. The standard InChI is InChI=1S/C13H10ClN3O4/c14-10-3-1-2-4-12(10)21-11-6-5-8(17(19)20)7-9(11)13(15)16-18/h1-7,18H,(H2,15,16). The first-order valence-corrected chi connectivity index (χ1v) is 6.09. The molecule has 0 aromatic heterocycles. The maximum Gasteiger partial charge on any atom is 0.270 e. The van der Waals surface area contributed by atoms with Crippen LogP contribution in [0.4, 0.5) is 5.69 Å². The number of amidine groups is 1. The van der Waals surface area contributed by atoms with Gasteiger partial charge in [0, 0.05) is 12.1 Å². The van der Waals surface area contributed by atoms with Gasteiger partial charge in [-0.15, -0.1) is 0 Å². The van der Waals surface area contributed by atoms with Crippen LogP contribution < -0.4 is 10.5 Å².